The van der Waals surface area contributed by atoms with Crippen molar-refractivity contribution >= 4 is 27.7 Å². The summed E-state index contributed by atoms with van der Waals surface area (Å²) >= 11 is 4.97. The number of aromatic nitrogens is 5. The van der Waals surface area contributed by atoms with Gasteiger partial charge in [0.1, 0.15) is 0 Å². The Balaban J connectivity index is 1.47. The summed E-state index contributed by atoms with van der Waals surface area (Å²) in [5.41, 5.74) is 2.15. The fourth-order valence-corrected chi connectivity index (χ4v) is 3.88. The van der Waals surface area contributed by atoms with Gasteiger partial charge in [0.05, 0.1) is 5.75 Å². The summed E-state index contributed by atoms with van der Waals surface area (Å²) in [6.07, 6.45) is 2.48. The molecule has 2 aromatic heterocycles. The Morgan fingerprint density at radius 2 is 1.86 bits per heavy atom. The Bertz CT molecular complexity index is 1090. The van der Waals surface area contributed by atoms with Crippen molar-refractivity contribution in [1.29, 1.82) is 0 Å². The number of thioether (sulfide) groups is 1. The number of benzene rings is 2. The monoisotopic (exact) mass is 467 g/mol. The summed E-state index contributed by atoms with van der Waals surface area (Å²) in [6.45, 7) is 4.47. The maximum atomic E-state index is 5.40. The van der Waals surface area contributed by atoms with Crippen LogP contribution in [0.3, 0.4) is 0 Å². The van der Waals surface area contributed by atoms with Gasteiger partial charge in [-0.3, -0.25) is 4.57 Å². The quantitative estimate of drug-likeness (QED) is 0.263. The smallest absolute Gasteiger partial charge is 0.237 e. The van der Waals surface area contributed by atoms with Crippen LogP contribution in [0, 0.1) is 0 Å². The first kappa shape index (κ1) is 19.6. The van der Waals surface area contributed by atoms with E-state index in [9.17, 15) is 0 Å². The first-order valence-electron chi connectivity index (χ1n) is 9.01. The third-order valence-electron chi connectivity index (χ3n) is 4.17. The zero-order chi connectivity index (χ0) is 20.1. The molecule has 4 aromatic rings. The third-order valence-corrected chi connectivity index (χ3v) is 5.65. The van der Waals surface area contributed by atoms with E-state index in [0.717, 1.165) is 26.6 Å². The fraction of sp³-hybridized carbons (Fsp3) is 0.143. The maximum Gasteiger partial charge on any atom is 0.237 e. The molecule has 0 saturated heterocycles. The summed E-state index contributed by atoms with van der Waals surface area (Å²) in [5, 5.41) is 13.6. The molecule has 0 unspecified atom stereocenters. The fourth-order valence-electron chi connectivity index (χ4n) is 2.83. The second-order valence-electron chi connectivity index (χ2n) is 6.27. The highest BCUT2D eigenvalue weighted by atomic mass is 79.9. The molecule has 2 aromatic carbocycles. The second-order valence-corrected chi connectivity index (χ2v) is 8.13. The van der Waals surface area contributed by atoms with E-state index in [1.165, 1.54) is 11.8 Å². The lowest BCUT2D eigenvalue weighted by Crippen LogP contribution is -2.00. The van der Waals surface area contributed by atoms with Gasteiger partial charge in [-0.05, 0) is 17.7 Å². The van der Waals surface area contributed by atoms with Gasteiger partial charge >= 0.3 is 0 Å². The van der Waals surface area contributed by atoms with Crippen molar-refractivity contribution in [3.05, 3.63) is 89.0 Å². The molecule has 0 spiro atoms. The van der Waals surface area contributed by atoms with Crippen molar-refractivity contribution in [1.82, 2.24) is 24.9 Å². The molecule has 0 amide bonds. The van der Waals surface area contributed by atoms with E-state index >= 15 is 0 Å². The standard InChI is InChI=1S/C21H18BrN5OS/c1-2-12-27-20(16-8-10-17(22)11-9-16)24-25-21(27)29-14-19-23-18(26-28-19)13-15-6-4-3-5-7-15/h2-11H,1,12-14H2. The molecule has 0 atom stereocenters. The van der Waals surface area contributed by atoms with Crippen molar-refractivity contribution in [3.8, 4) is 11.4 Å². The predicted octanol–water partition coefficient (Wildman–Crippen LogP) is 5.16. The van der Waals surface area contributed by atoms with Crippen LogP contribution in [0.25, 0.3) is 11.4 Å². The van der Waals surface area contributed by atoms with E-state index in [-0.39, 0.29) is 0 Å². The molecule has 0 aliphatic heterocycles. The highest BCUT2D eigenvalue weighted by molar-refractivity contribution is 9.10. The van der Waals surface area contributed by atoms with Crippen LogP contribution in [0.5, 0.6) is 0 Å². The van der Waals surface area contributed by atoms with Gasteiger partial charge in [0.25, 0.3) is 0 Å². The number of halogens is 1. The molecule has 2 heterocycles. The van der Waals surface area contributed by atoms with Gasteiger partial charge in [-0.25, -0.2) is 0 Å². The number of allylic oxidation sites excluding steroid dienone is 1. The van der Waals surface area contributed by atoms with Gasteiger partial charge in [0.15, 0.2) is 16.8 Å². The Kier molecular flexibility index (Phi) is 6.21. The molecule has 0 radical (unpaired) electrons. The van der Waals surface area contributed by atoms with E-state index in [2.05, 4.69) is 42.8 Å². The molecule has 0 N–H and O–H groups in total. The van der Waals surface area contributed by atoms with Gasteiger partial charge in [-0.15, -0.1) is 16.8 Å². The van der Waals surface area contributed by atoms with Gasteiger partial charge in [-0.2, -0.15) is 4.98 Å². The molecular weight excluding hydrogens is 450 g/mol. The van der Waals surface area contributed by atoms with E-state index in [1.807, 2.05) is 65.2 Å². The Morgan fingerprint density at radius 1 is 1.07 bits per heavy atom. The number of hydrogen-bond acceptors (Lipinski definition) is 6. The molecule has 6 nitrogen and oxygen atoms in total. The highest BCUT2D eigenvalue weighted by Crippen LogP contribution is 2.27. The average molecular weight is 468 g/mol. The predicted molar refractivity (Wildman–Crippen MR) is 116 cm³/mol. The minimum atomic E-state index is 0.525. The van der Waals surface area contributed by atoms with E-state index in [4.69, 9.17) is 4.52 Å². The van der Waals surface area contributed by atoms with Crippen LogP contribution in [-0.2, 0) is 18.7 Å². The minimum absolute atomic E-state index is 0.525. The van der Waals surface area contributed by atoms with Crippen molar-refractivity contribution in [2.24, 2.45) is 0 Å². The van der Waals surface area contributed by atoms with Crippen LogP contribution in [0.2, 0.25) is 0 Å². The van der Waals surface area contributed by atoms with Gasteiger partial charge in [-0.1, -0.05) is 81.4 Å². The lowest BCUT2D eigenvalue weighted by atomic mass is 10.1. The largest absolute Gasteiger partial charge is 0.338 e. The molecule has 0 aliphatic rings. The van der Waals surface area contributed by atoms with Crippen LogP contribution in [0.15, 0.2) is 81.4 Å². The van der Waals surface area contributed by atoms with Crippen molar-refractivity contribution < 1.29 is 4.52 Å². The van der Waals surface area contributed by atoms with Crippen LogP contribution in [-0.4, -0.2) is 24.9 Å². The summed E-state index contributed by atoms with van der Waals surface area (Å²) in [4.78, 5) is 4.49. The number of nitrogens with zero attached hydrogens (tertiary/aromatic N) is 5. The Morgan fingerprint density at radius 3 is 2.62 bits per heavy atom. The van der Waals surface area contributed by atoms with Gasteiger partial charge in [0.2, 0.25) is 5.89 Å². The molecule has 0 fully saturated rings. The minimum Gasteiger partial charge on any atom is -0.338 e. The molecule has 0 saturated carbocycles. The molecule has 29 heavy (non-hydrogen) atoms. The van der Waals surface area contributed by atoms with Crippen molar-refractivity contribution in [2.45, 2.75) is 23.9 Å². The highest BCUT2D eigenvalue weighted by Gasteiger charge is 2.15. The molecule has 146 valence electrons. The third kappa shape index (κ3) is 4.83. The lowest BCUT2D eigenvalue weighted by molar-refractivity contribution is 0.385. The molecule has 8 heteroatoms. The second kappa shape index (κ2) is 9.19. The Labute approximate surface area is 181 Å². The normalized spacial score (nSPS) is 10.9. The zero-order valence-electron chi connectivity index (χ0n) is 15.5. The lowest BCUT2D eigenvalue weighted by Gasteiger charge is -2.07. The maximum absolute atomic E-state index is 5.40. The summed E-state index contributed by atoms with van der Waals surface area (Å²) in [6, 6.07) is 18.1. The summed E-state index contributed by atoms with van der Waals surface area (Å²) in [5.74, 6) is 2.57. The Hall–Kier alpha value is -2.71. The SMILES string of the molecule is C=CCn1c(SCc2nc(Cc3ccccc3)no2)nnc1-c1ccc(Br)cc1. The van der Waals surface area contributed by atoms with Gasteiger partial charge in [0, 0.05) is 23.0 Å². The summed E-state index contributed by atoms with van der Waals surface area (Å²) in [7, 11) is 0. The van der Waals surface area contributed by atoms with E-state index in [1.54, 1.807) is 0 Å². The number of rotatable bonds is 8. The topological polar surface area (TPSA) is 69.6 Å². The number of hydrogen-bond donors (Lipinski definition) is 0. The van der Waals surface area contributed by atoms with Gasteiger partial charge < -0.3 is 4.52 Å². The van der Waals surface area contributed by atoms with Crippen LogP contribution in [0.1, 0.15) is 17.3 Å². The van der Waals surface area contributed by atoms with E-state index < -0.39 is 0 Å². The molecule has 4 rings (SSSR count). The summed E-state index contributed by atoms with van der Waals surface area (Å²) < 4.78 is 8.45. The van der Waals surface area contributed by atoms with Crippen LogP contribution in [0.4, 0.5) is 0 Å². The molecular formula is C21H18BrN5OS. The molecule has 0 bridgehead atoms. The molecule has 0 aliphatic carbocycles. The average Bonchev–Trinajstić information content (AvgIpc) is 3.35. The van der Waals surface area contributed by atoms with E-state index in [0.29, 0.717) is 30.4 Å². The first-order chi connectivity index (χ1) is 14.2. The van der Waals surface area contributed by atoms with Crippen molar-refractivity contribution in [2.75, 3.05) is 0 Å². The van der Waals surface area contributed by atoms with Crippen molar-refractivity contribution in [3.63, 3.8) is 0 Å². The first-order valence-corrected chi connectivity index (χ1v) is 10.8. The van der Waals surface area contributed by atoms with Crippen LogP contribution >= 0.6 is 27.7 Å². The van der Waals surface area contributed by atoms with Crippen LogP contribution < -0.4 is 0 Å². The zero-order valence-corrected chi connectivity index (χ0v) is 17.9.